The van der Waals surface area contributed by atoms with E-state index in [0.717, 1.165) is 23.9 Å². The average Bonchev–Trinajstić information content (AvgIpc) is 2.94. The first-order chi connectivity index (χ1) is 11.3. The summed E-state index contributed by atoms with van der Waals surface area (Å²) in [4.78, 5) is 16.6. The number of nitrogens with one attached hydrogen (secondary N) is 1. The Morgan fingerprint density at radius 2 is 2.17 bits per heavy atom. The van der Waals surface area contributed by atoms with E-state index in [-0.39, 0.29) is 19.1 Å². The summed E-state index contributed by atoms with van der Waals surface area (Å²) in [6.07, 6.45) is 8.13. The molecule has 1 amide bonds. The van der Waals surface area contributed by atoms with Gasteiger partial charge in [-0.2, -0.15) is 0 Å². The number of carbonyl (C=O) groups excluding carboxylic acids is 1. The van der Waals surface area contributed by atoms with Gasteiger partial charge in [-0.1, -0.05) is 23.8 Å². The van der Waals surface area contributed by atoms with E-state index in [4.69, 9.17) is 0 Å². The van der Waals surface area contributed by atoms with E-state index in [1.165, 1.54) is 24.8 Å². The largest absolute Gasteiger partial charge is 0.388 e. The standard InChI is InChI=1S/C18H23N3O2/c22-13-17-20-15-8-4-5-9-16(15)21(17)12-18(23)19-11-10-14-6-2-1-3-7-14/h4-6,8-9,22H,1-3,7,10-13H2,(H,19,23). The molecule has 0 atom stereocenters. The fraction of sp³-hybridized carbons (Fsp3) is 0.444. The van der Waals surface area contributed by atoms with Gasteiger partial charge >= 0.3 is 0 Å². The van der Waals surface area contributed by atoms with Crippen molar-refractivity contribution in [2.75, 3.05) is 6.54 Å². The molecule has 0 radical (unpaired) electrons. The van der Waals surface area contributed by atoms with Gasteiger partial charge in [-0.3, -0.25) is 4.79 Å². The highest BCUT2D eigenvalue weighted by atomic mass is 16.3. The summed E-state index contributed by atoms with van der Waals surface area (Å²) in [5.74, 6) is 0.482. The molecule has 0 unspecified atom stereocenters. The van der Waals surface area contributed by atoms with Crippen LogP contribution >= 0.6 is 0 Å². The number of aromatic nitrogens is 2. The minimum atomic E-state index is -0.172. The smallest absolute Gasteiger partial charge is 0.240 e. The molecule has 5 heteroatoms. The Morgan fingerprint density at radius 3 is 2.96 bits per heavy atom. The quantitative estimate of drug-likeness (QED) is 0.805. The monoisotopic (exact) mass is 313 g/mol. The molecule has 1 aromatic carbocycles. The molecule has 0 bridgehead atoms. The Bertz CT molecular complexity index is 718. The van der Waals surface area contributed by atoms with Crippen LogP contribution in [0.2, 0.25) is 0 Å². The number of aliphatic hydroxyl groups is 1. The summed E-state index contributed by atoms with van der Waals surface area (Å²) < 4.78 is 1.78. The van der Waals surface area contributed by atoms with Gasteiger partial charge < -0.3 is 15.0 Å². The number of nitrogens with zero attached hydrogens (tertiary/aromatic N) is 2. The highest BCUT2D eigenvalue weighted by Crippen LogP contribution is 2.19. The van der Waals surface area contributed by atoms with E-state index in [1.807, 2.05) is 24.3 Å². The molecule has 1 heterocycles. The van der Waals surface area contributed by atoms with E-state index in [1.54, 1.807) is 4.57 Å². The van der Waals surface area contributed by atoms with Gasteiger partial charge in [-0.25, -0.2) is 4.98 Å². The molecule has 0 fully saturated rings. The Balaban J connectivity index is 1.60. The van der Waals surface area contributed by atoms with Gasteiger partial charge in [0.25, 0.3) is 0 Å². The molecule has 1 aromatic heterocycles. The Morgan fingerprint density at radius 1 is 1.30 bits per heavy atom. The molecule has 0 saturated heterocycles. The molecular weight excluding hydrogens is 290 g/mol. The maximum absolute atomic E-state index is 12.2. The molecule has 2 N–H and O–H groups in total. The van der Waals surface area contributed by atoms with Crippen molar-refractivity contribution in [2.45, 2.75) is 45.3 Å². The highest BCUT2D eigenvalue weighted by molar-refractivity contribution is 5.81. The van der Waals surface area contributed by atoms with Crippen LogP contribution in [-0.2, 0) is 17.9 Å². The van der Waals surface area contributed by atoms with Crippen molar-refractivity contribution in [3.8, 4) is 0 Å². The van der Waals surface area contributed by atoms with E-state index >= 15 is 0 Å². The number of benzene rings is 1. The summed E-state index contributed by atoms with van der Waals surface area (Å²) in [5.41, 5.74) is 3.14. The van der Waals surface area contributed by atoms with Crippen molar-refractivity contribution >= 4 is 16.9 Å². The lowest BCUT2D eigenvalue weighted by Crippen LogP contribution is -2.29. The normalized spacial score (nSPS) is 14.7. The second-order valence-corrected chi connectivity index (χ2v) is 5.97. The second kappa shape index (κ2) is 7.42. The lowest BCUT2D eigenvalue weighted by atomic mass is 9.97. The minimum Gasteiger partial charge on any atom is -0.388 e. The van der Waals surface area contributed by atoms with Crippen molar-refractivity contribution in [3.63, 3.8) is 0 Å². The van der Waals surface area contributed by atoms with Crippen molar-refractivity contribution in [2.24, 2.45) is 0 Å². The number of aliphatic hydroxyl groups excluding tert-OH is 1. The highest BCUT2D eigenvalue weighted by Gasteiger charge is 2.12. The molecule has 0 spiro atoms. The first-order valence-corrected chi connectivity index (χ1v) is 8.27. The number of hydrogen-bond donors (Lipinski definition) is 2. The third-order valence-corrected chi connectivity index (χ3v) is 4.33. The number of allylic oxidation sites excluding steroid dienone is 1. The molecule has 0 aliphatic heterocycles. The SMILES string of the molecule is O=C(Cn1c(CO)nc2ccccc21)NCCC1=CCCCC1. The summed E-state index contributed by atoms with van der Waals surface area (Å²) in [6.45, 7) is 0.691. The molecular formula is C18H23N3O2. The van der Waals surface area contributed by atoms with E-state index in [9.17, 15) is 9.90 Å². The fourth-order valence-corrected chi connectivity index (χ4v) is 3.12. The molecule has 1 aliphatic carbocycles. The lowest BCUT2D eigenvalue weighted by molar-refractivity contribution is -0.121. The number of amides is 1. The van der Waals surface area contributed by atoms with Crippen LogP contribution in [0.5, 0.6) is 0 Å². The molecule has 0 saturated carbocycles. The predicted octanol–water partition coefficient (Wildman–Crippen LogP) is 2.54. The van der Waals surface area contributed by atoms with Crippen LogP contribution in [0.25, 0.3) is 11.0 Å². The predicted molar refractivity (Wildman–Crippen MR) is 89.8 cm³/mol. The third-order valence-electron chi connectivity index (χ3n) is 4.33. The van der Waals surface area contributed by atoms with Crippen molar-refractivity contribution in [1.29, 1.82) is 0 Å². The zero-order valence-corrected chi connectivity index (χ0v) is 13.3. The van der Waals surface area contributed by atoms with Crippen molar-refractivity contribution in [1.82, 2.24) is 14.9 Å². The molecule has 5 nitrogen and oxygen atoms in total. The zero-order valence-electron chi connectivity index (χ0n) is 13.3. The Labute approximate surface area is 136 Å². The number of rotatable bonds is 6. The van der Waals surface area contributed by atoms with Crippen LogP contribution in [0.4, 0.5) is 0 Å². The van der Waals surface area contributed by atoms with Crippen LogP contribution in [0, 0.1) is 0 Å². The van der Waals surface area contributed by atoms with Crippen LogP contribution in [0.15, 0.2) is 35.9 Å². The van der Waals surface area contributed by atoms with Crippen LogP contribution in [0.1, 0.15) is 37.9 Å². The first-order valence-electron chi connectivity index (χ1n) is 8.27. The maximum atomic E-state index is 12.2. The summed E-state index contributed by atoms with van der Waals surface area (Å²) in [7, 11) is 0. The van der Waals surface area contributed by atoms with Gasteiger partial charge in [0.2, 0.25) is 5.91 Å². The molecule has 2 aromatic rings. The van der Waals surface area contributed by atoms with Crippen LogP contribution in [0.3, 0.4) is 0 Å². The van der Waals surface area contributed by atoms with Gasteiger partial charge in [0.1, 0.15) is 19.0 Å². The molecule has 122 valence electrons. The average molecular weight is 313 g/mol. The maximum Gasteiger partial charge on any atom is 0.240 e. The van der Waals surface area contributed by atoms with Gasteiger partial charge in [0.15, 0.2) is 0 Å². The number of imidazole rings is 1. The van der Waals surface area contributed by atoms with Gasteiger partial charge in [-0.15, -0.1) is 0 Å². The minimum absolute atomic E-state index is 0.0423. The van der Waals surface area contributed by atoms with E-state index in [2.05, 4.69) is 16.4 Å². The van der Waals surface area contributed by atoms with Crippen LogP contribution < -0.4 is 5.32 Å². The topological polar surface area (TPSA) is 67.2 Å². The fourth-order valence-electron chi connectivity index (χ4n) is 3.12. The molecule has 23 heavy (non-hydrogen) atoms. The number of fused-ring (bicyclic) bond motifs is 1. The summed E-state index contributed by atoms with van der Waals surface area (Å²) in [5, 5.41) is 12.4. The van der Waals surface area contributed by atoms with E-state index < -0.39 is 0 Å². The Kier molecular flexibility index (Phi) is 5.08. The number of hydrogen-bond acceptors (Lipinski definition) is 3. The molecule has 1 aliphatic rings. The third kappa shape index (κ3) is 3.79. The first kappa shape index (κ1) is 15.7. The number of para-hydroxylation sites is 2. The van der Waals surface area contributed by atoms with Gasteiger partial charge in [-0.05, 0) is 44.2 Å². The van der Waals surface area contributed by atoms with Gasteiger partial charge in [0.05, 0.1) is 11.0 Å². The summed E-state index contributed by atoms with van der Waals surface area (Å²) in [6, 6.07) is 7.62. The van der Waals surface area contributed by atoms with Crippen molar-refractivity contribution in [3.05, 3.63) is 41.7 Å². The molecule has 3 rings (SSSR count). The lowest BCUT2D eigenvalue weighted by Gasteiger charge is -2.13. The second-order valence-electron chi connectivity index (χ2n) is 5.97. The van der Waals surface area contributed by atoms with Crippen molar-refractivity contribution < 1.29 is 9.90 Å². The summed E-state index contributed by atoms with van der Waals surface area (Å²) >= 11 is 0. The Hall–Kier alpha value is -2.14. The van der Waals surface area contributed by atoms with Crippen LogP contribution in [-0.4, -0.2) is 27.1 Å². The van der Waals surface area contributed by atoms with E-state index in [0.29, 0.717) is 12.4 Å². The number of carbonyl (C=O) groups is 1. The van der Waals surface area contributed by atoms with Gasteiger partial charge in [0, 0.05) is 6.54 Å². The zero-order chi connectivity index (χ0) is 16.1.